The Morgan fingerprint density at radius 3 is 2.32 bits per heavy atom. The van der Waals surface area contributed by atoms with Crippen LogP contribution >= 0.6 is 11.6 Å². The van der Waals surface area contributed by atoms with E-state index in [1.165, 1.54) is 0 Å². The summed E-state index contributed by atoms with van der Waals surface area (Å²) in [5.41, 5.74) is 0.122. The molecule has 0 fully saturated rings. The number of aromatic nitrogens is 1. The van der Waals surface area contributed by atoms with E-state index in [0.29, 0.717) is 5.75 Å². The van der Waals surface area contributed by atoms with E-state index < -0.39 is 11.7 Å². The molecule has 1 aromatic carbocycles. The van der Waals surface area contributed by atoms with Crippen molar-refractivity contribution in [3.8, 4) is 11.6 Å². The van der Waals surface area contributed by atoms with Gasteiger partial charge in [0.2, 0.25) is 5.88 Å². The highest BCUT2D eigenvalue weighted by molar-refractivity contribution is 6.29. The van der Waals surface area contributed by atoms with E-state index in [-0.39, 0.29) is 11.0 Å². The molecule has 0 atom stereocenters. The number of alkyl halides is 3. The third-order valence-electron chi connectivity index (χ3n) is 2.34. The van der Waals surface area contributed by atoms with E-state index in [0.717, 1.165) is 17.7 Å². The highest BCUT2D eigenvalue weighted by Crippen LogP contribution is 2.33. The number of benzene rings is 1. The minimum absolute atomic E-state index is 0.191. The lowest BCUT2D eigenvalue weighted by Crippen LogP contribution is -2.05. The molecule has 19 heavy (non-hydrogen) atoms. The minimum atomic E-state index is -4.49. The Morgan fingerprint density at radius 1 is 1.11 bits per heavy atom. The molecular weight excluding hydrogens is 279 g/mol. The first kappa shape index (κ1) is 13.7. The molecule has 0 spiro atoms. The number of aryl methyl sites for hydroxylation is 1. The fourth-order valence-electron chi connectivity index (χ4n) is 1.42. The van der Waals surface area contributed by atoms with Crippen LogP contribution < -0.4 is 4.74 Å². The number of nitrogens with zero attached hydrogens (tertiary/aromatic N) is 1. The van der Waals surface area contributed by atoms with Crippen LogP contribution in [0.25, 0.3) is 0 Å². The summed E-state index contributed by atoms with van der Waals surface area (Å²) < 4.78 is 43.0. The topological polar surface area (TPSA) is 22.1 Å². The normalized spacial score (nSPS) is 11.4. The van der Waals surface area contributed by atoms with Crippen molar-refractivity contribution in [3.05, 3.63) is 52.7 Å². The highest BCUT2D eigenvalue weighted by Gasteiger charge is 2.31. The average molecular weight is 288 g/mol. The fourth-order valence-corrected chi connectivity index (χ4v) is 1.62. The maximum absolute atomic E-state index is 12.6. The van der Waals surface area contributed by atoms with Crippen LogP contribution in [-0.2, 0) is 6.18 Å². The summed E-state index contributed by atoms with van der Waals surface area (Å²) in [6.07, 6.45) is -4.49. The molecule has 0 bridgehead atoms. The van der Waals surface area contributed by atoms with E-state index in [9.17, 15) is 13.2 Å². The van der Waals surface area contributed by atoms with Crippen molar-refractivity contribution < 1.29 is 17.9 Å². The molecule has 0 radical (unpaired) electrons. The number of pyridine rings is 1. The first-order valence-electron chi connectivity index (χ1n) is 5.34. The average Bonchev–Trinajstić information content (AvgIpc) is 2.30. The van der Waals surface area contributed by atoms with Gasteiger partial charge in [-0.1, -0.05) is 29.3 Å². The maximum atomic E-state index is 12.6. The van der Waals surface area contributed by atoms with Crippen LogP contribution in [0.2, 0.25) is 5.15 Å². The monoisotopic (exact) mass is 287 g/mol. The Hall–Kier alpha value is -1.75. The van der Waals surface area contributed by atoms with E-state index in [1.54, 1.807) is 24.3 Å². The zero-order chi connectivity index (χ0) is 14.0. The van der Waals surface area contributed by atoms with Crippen LogP contribution in [-0.4, -0.2) is 4.98 Å². The second kappa shape index (κ2) is 5.09. The summed E-state index contributed by atoms with van der Waals surface area (Å²) in [6, 6.07) is 8.42. The van der Waals surface area contributed by atoms with Crippen molar-refractivity contribution in [1.29, 1.82) is 0 Å². The fraction of sp³-hybridized carbons (Fsp3) is 0.154. The van der Waals surface area contributed by atoms with Crippen molar-refractivity contribution >= 4 is 11.6 Å². The Bertz CT molecular complexity index is 581. The highest BCUT2D eigenvalue weighted by atomic mass is 35.5. The summed E-state index contributed by atoms with van der Waals surface area (Å²) in [5, 5.41) is -0.267. The van der Waals surface area contributed by atoms with Gasteiger partial charge in [-0.15, -0.1) is 0 Å². The van der Waals surface area contributed by atoms with Gasteiger partial charge < -0.3 is 4.74 Å². The smallest absolute Gasteiger partial charge is 0.416 e. The van der Waals surface area contributed by atoms with Gasteiger partial charge in [-0.05, 0) is 25.1 Å². The summed E-state index contributed by atoms with van der Waals surface area (Å²) in [4.78, 5) is 3.71. The molecule has 0 aliphatic rings. The first-order chi connectivity index (χ1) is 8.84. The van der Waals surface area contributed by atoms with Crippen LogP contribution in [0.3, 0.4) is 0 Å². The molecule has 2 aromatic rings. The van der Waals surface area contributed by atoms with Crippen molar-refractivity contribution in [2.24, 2.45) is 0 Å². The lowest BCUT2D eigenvalue weighted by Gasteiger charge is -2.10. The van der Waals surface area contributed by atoms with Gasteiger partial charge in [0.25, 0.3) is 0 Å². The summed E-state index contributed by atoms with van der Waals surface area (Å²) in [7, 11) is 0. The van der Waals surface area contributed by atoms with Crippen LogP contribution in [0.15, 0.2) is 36.4 Å². The molecule has 6 heteroatoms. The molecule has 2 rings (SSSR count). The van der Waals surface area contributed by atoms with Crippen molar-refractivity contribution in [2.75, 3.05) is 0 Å². The number of rotatable bonds is 2. The third-order valence-corrected chi connectivity index (χ3v) is 2.53. The van der Waals surface area contributed by atoms with Gasteiger partial charge in [-0.3, -0.25) is 0 Å². The molecule has 2 nitrogen and oxygen atoms in total. The van der Waals surface area contributed by atoms with E-state index >= 15 is 0 Å². The lowest BCUT2D eigenvalue weighted by molar-refractivity contribution is -0.137. The molecule has 1 heterocycles. The maximum Gasteiger partial charge on any atom is 0.416 e. The summed E-state index contributed by atoms with van der Waals surface area (Å²) in [5.74, 6) is 0.206. The predicted octanol–water partition coefficient (Wildman–Crippen LogP) is 4.85. The van der Waals surface area contributed by atoms with Crippen LogP contribution in [0.1, 0.15) is 11.1 Å². The molecule has 0 saturated heterocycles. The predicted molar refractivity (Wildman–Crippen MR) is 65.5 cm³/mol. The molecule has 100 valence electrons. The molecule has 0 aliphatic carbocycles. The van der Waals surface area contributed by atoms with Crippen molar-refractivity contribution in [1.82, 2.24) is 4.98 Å². The van der Waals surface area contributed by atoms with E-state index in [4.69, 9.17) is 16.3 Å². The van der Waals surface area contributed by atoms with E-state index in [1.807, 2.05) is 6.92 Å². The second-order valence-corrected chi connectivity index (χ2v) is 4.32. The zero-order valence-corrected chi connectivity index (χ0v) is 10.6. The largest absolute Gasteiger partial charge is 0.439 e. The van der Waals surface area contributed by atoms with Crippen molar-refractivity contribution in [2.45, 2.75) is 13.1 Å². The lowest BCUT2D eigenvalue weighted by atomic mass is 10.2. The Kier molecular flexibility index (Phi) is 3.66. The molecule has 0 unspecified atom stereocenters. The Balaban J connectivity index is 2.30. The van der Waals surface area contributed by atoms with Gasteiger partial charge in [0, 0.05) is 6.07 Å². The third kappa shape index (κ3) is 3.61. The number of ether oxygens (including phenoxy) is 1. The number of hydrogen-bond donors (Lipinski definition) is 0. The molecule has 1 aromatic heterocycles. The molecule has 0 saturated carbocycles. The second-order valence-electron chi connectivity index (χ2n) is 3.93. The van der Waals surface area contributed by atoms with Crippen LogP contribution in [0, 0.1) is 6.92 Å². The summed E-state index contributed by atoms with van der Waals surface area (Å²) in [6.45, 7) is 1.89. The van der Waals surface area contributed by atoms with Gasteiger partial charge in [-0.25, -0.2) is 4.98 Å². The molecule has 0 amide bonds. The number of hydrogen-bond acceptors (Lipinski definition) is 2. The van der Waals surface area contributed by atoms with Gasteiger partial charge in [-0.2, -0.15) is 13.2 Å². The van der Waals surface area contributed by atoms with Gasteiger partial charge in [0.1, 0.15) is 10.9 Å². The SMILES string of the molecule is Cc1ccc(Oc2cc(C(F)(F)F)cc(Cl)n2)cc1. The Labute approximate surface area is 112 Å². The summed E-state index contributed by atoms with van der Waals surface area (Å²) >= 11 is 5.56. The zero-order valence-electron chi connectivity index (χ0n) is 9.83. The van der Waals surface area contributed by atoms with Crippen molar-refractivity contribution in [3.63, 3.8) is 0 Å². The standard InChI is InChI=1S/C13H9ClF3NO/c1-8-2-4-10(5-3-8)19-12-7-9(13(15,16)17)6-11(14)18-12/h2-7H,1H3. The first-order valence-corrected chi connectivity index (χ1v) is 5.72. The molecule has 0 aliphatic heterocycles. The number of halogens is 4. The van der Waals surface area contributed by atoms with E-state index in [2.05, 4.69) is 4.98 Å². The van der Waals surface area contributed by atoms with Crippen LogP contribution in [0.4, 0.5) is 13.2 Å². The Morgan fingerprint density at radius 2 is 1.74 bits per heavy atom. The molecule has 0 N–H and O–H groups in total. The van der Waals surface area contributed by atoms with Gasteiger partial charge in [0.15, 0.2) is 0 Å². The van der Waals surface area contributed by atoms with Gasteiger partial charge >= 0.3 is 6.18 Å². The van der Waals surface area contributed by atoms with Gasteiger partial charge in [0.05, 0.1) is 5.56 Å². The minimum Gasteiger partial charge on any atom is -0.439 e. The molecular formula is C13H9ClF3NO. The quantitative estimate of drug-likeness (QED) is 0.736. The van der Waals surface area contributed by atoms with Crippen LogP contribution in [0.5, 0.6) is 11.6 Å².